The molecule has 1 saturated heterocycles. The number of benzene rings is 2. The van der Waals surface area contributed by atoms with Crippen molar-refractivity contribution in [1.29, 1.82) is 0 Å². The van der Waals surface area contributed by atoms with Crippen LogP contribution in [-0.2, 0) is 27.3 Å². The molecule has 1 aliphatic heterocycles. The molecule has 206 valence electrons. The summed E-state index contributed by atoms with van der Waals surface area (Å²) in [4.78, 5) is 27.7. The van der Waals surface area contributed by atoms with E-state index in [1.807, 2.05) is 0 Å². The molecule has 0 aliphatic carbocycles. The zero-order valence-corrected chi connectivity index (χ0v) is 21.9. The average Bonchev–Trinajstić information content (AvgIpc) is 3.42. The molecule has 3 N–H and O–H groups in total. The standard InChI is InChI=1S/C25H27F2N7O4S/c1-38-25(39)28-13-17-14-34(31-30-17)18-11-19(26)24(20(27)12-18)33-8-6-32(7-9-33)23(37)10-16-4-2-3-5-21(16)29-22(36)15-35/h2-5,11-12,14,35H,6-10,13,15H2,1H3,(H,28,39)(H,29,36). The van der Waals surface area contributed by atoms with Gasteiger partial charge in [-0.05, 0) is 23.8 Å². The third-order valence-electron chi connectivity index (χ3n) is 6.13. The Morgan fingerprint density at radius 3 is 2.49 bits per heavy atom. The van der Waals surface area contributed by atoms with Gasteiger partial charge in [-0.1, -0.05) is 23.4 Å². The van der Waals surface area contributed by atoms with Gasteiger partial charge in [-0.2, -0.15) is 0 Å². The Kier molecular flexibility index (Phi) is 8.99. The summed E-state index contributed by atoms with van der Waals surface area (Å²) < 4.78 is 36.3. The Labute approximate surface area is 228 Å². The van der Waals surface area contributed by atoms with Crippen LogP contribution < -0.4 is 15.5 Å². The van der Waals surface area contributed by atoms with Crippen LogP contribution in [0.15, 0.2) is 42.6 Å². The number of aliphatic hydroxyl groups is 1. The third kappa shape index (κ3) is 6.83. The van der Waals surface area contributed by atoms with Crippen LogP contribution >= 0.6 is 12.2 Å². The van der Waals surface area contributed by atoms with E-state index in [0.29, 0.717) is 16.9 Å². The summed E-state index contributed by atoms with van der Waals surface area (Å²) in [5.41, 5.74) is 1.55. The second-order valence-electron chi connectivity index (χ2n) is 8.67. The lowest BCUT2D eigenvalue weighted by Crippen LogP contribution is -2.49. The van der Waals surface area contributed by atoms with E-state index in [0.717, 1.165) is 0 Å². The van der Waals surface area contributed by atoms with E-state index in [1.54, 1.807) is 34.1 Å². The van der Waals surface area contributed by atoms with Gasteiger partial charge in [-0.3, -0.25) is 9.59 Å². The zero-order chi connectivity index (χ0) is 27.9. The number of hydrogen-bond donors (Lipinski definition) is 3. The van der Waals surface area contributed by atoms with E-state index in [-0.39, 0.29) is 61.6 Å². The van der Waals surface area contributed by atoms with Gasteiger partial charge < -0.3 is 30.3 Å². The van der Waals surface area contributed by atoms with E-state index in [1.165, 1.54) is 30.1 Å². The summed E-state index contributed by atoms with van der Waals surface area (Å²) in [7, 11) is 1.43. The molecule has 1 fully saturated rings. The summed E-state index contributed by atoms with van der Waals surface area (Å²) in [5.74, 6) is -2.27. The van der Waals surface area contributed by atoms with Crippen molar-refractivity contribution in [3.05, 3.63) is 65.5 Å². The number of aromatic nitrogens is 3. The number of nitrogens with zero attached hydrogens (tertiary/aromatic N) is 5. The lowest BCUT2D eigenvalue weighted by Gasteiger charge is -2.36. The molecule has 14 heteroatoms. The topological polar surface area (TPSA) is 125 Å². The number of amides is 2. The lowest BCUT2D eigenvalue weighted by molar-refractivity contribution is -0.130. The van der Waals surface area contributed by atoms with Crippen LogP contribution in [0.5, 0.6) is 0 Å². The number of methoxy groups -OCH3 is 1. The molecule has 0 bridgehead atoms. The van der Waals surface area contributed by atoms with Gasteiger partial charge in [0.1, 0.15) is 18.0 Å². The van der Waals surface area contributed by atoms with Crippen molar-refractivity contribution in [3.8, 4) is 5.69 Å². The minimum atomic E-state index is -0.755. The van der Waals surface area contributed by atoms with Gasteiger partial charge in [-0.15, -0.1) is 5.10 Å². The van der Waals surface area contributed by atoms with Gasteiger partial charge in [0, 0.05) is 44.0 Å². The number of halogens is 2. The molecule has 0 spiro atoms. The summed E-state index contributed by atoms with van der Waals surface area (Å²) in [6.07, 6.45) is 1.56. The number of carbonyl (C=O) groups excluding carboxylic acids is 2. The Bertz CT molecular complexity index is 1340. The van der Waals surface area contributed by atoms with E-state index < -0.39 is 24.1 Å². The summed E-state index contributed by atoms with van der Waals surface area (Å²) in [6, 6.07) is 9.19. The lowest BCUT2D eigenvalue weighted by atomic mass is 10.1. The molecule has 0 saturated carbocycles. The van der Waals surface area contributed by atoms with Crippen LogP contribution in [0.4, 0.5) is 20.2 Å². The Morgan fingerprint density at radius 2 is 1.82 bits per heavy atom. The average molecular weight is 560 g/mol. The summed E-state index contributed by atoms with van der Waals surface area (Å²) in [5, 5.41) is 22.4. The first-order chi connectivity index (χ1) is 18.8. The highest BCUT2D eigenvalue weighted by molar-refractivity contribution is 7.80. The molecule has 3 aromatic rings. The van der Waals surface area contributed by atoms with Gasteiger partial charge in [0.15, 0.2) is 11.6 Å². The van der Waals surface area contributed by atoms with E-state index in [2.05, 4.69) is 20.9 Å². The second-order valence-corrected chi connectivity index (χ2v) is 9.04. The molecule has 0 atom stereocenters. The Hall–Kier alpha value is -4.17. The highest BCUT2D eigenvalue weighted by Crippen LogP contribution is 2.28. The maximum absolute atomic E-state index is 15.1. The van der Waals surface area contributed by atoms with Crippen LogP contribution in [0.3, 0.4) is 0 Å². The molecular formula is C25H27F2N7O4S. The third-order valence-corrected chi connectivity index (χ3v) is 6.44. The number of aliphatic hydroxyl groups excluding tert-OH is 1. The predicted molar refractivity (Wildman–Crippen MR) is 142 cm³/mol. The van der Waals surface area contributed by atoms with E-state index in [9.17, 15) is 9.59 Å². The molecule has 0 radical (unpaired) electrons. The SMILES string of the molecule is COC(=S)NCc1cn(-c2cc(F)c(N3CCN(C(=O)Cc4ccccc4NC(=O)CO)CC3)c(F)c2)nn1. The Balaban J connectivity index is 1.38. The minimum Gasteiger partial charge on any atom is -0.474 e. The fourth-order valence-corrected chi connectivity index (χ4v) is 4.24. The number of piperazine rings is 1. The van der Waals surface area contributed by atoms with Crippen LogP contribution in [0.2, 0.25) is 0 Å². The zero-order valence-electron chi connectivity index (χ0n) is 21.1. The second kappa shape index (κ2) is 12.6. The van der Waals surface area contributed by atoms with Gasteiger partial charge in [0.2, 0.25) is 11.8 Å². The minimum absolute atomic E-state index is 0.0337. The van der Waals surface area contributed by atoms with Crippen molar-refractivity contribution in [2.24, 2.45) is 0 Å². The maximum atomic E-state index is 15.1. The number of ether oxygens (including phenoxy) is 1. The first-order valence-corrected chi connectivity index (χ1v) is 12.4. The molecule has 2 amide bonds. The molecule has 2 heterocycles. The molecule has 1 aliphatic rings. The maximum Gasteiger partial charge on any atom is 0.256 e. The van der Waals surface area contributed by atoms with Crippen LogP contribution in [0, 0.1) is 11.6 Å². The Morgan fingerprint density at radius 1 is 1.13 bits per heavy atom. The van der Waals surface area contributed by atoms with Crippen LogP contribution in [-0.4, -0.2) is 81.9 Å². The molecular weight excluding hydrogens is 532 g/mol. The summed E-state index contributed by atoms with van der Waals surface area (Å²) >= 11 is 4.90. The normalized spacial score (nSPS) is 13.2. The highest BCUT2D eigenvalue weighted by atomic mass is 32.1. The van der Waals surface area contributed by atoms with Gasteiger partial charge in [0.25, 0.3) is 5.17 Å². The number of hydrogen-bond acceptors (Lipinski definition) is 8. The van der Waals surface area contributed by atoms with Crippen molar-refractivity contribution >= 4 is 40.6 Å². The molecule has 39 heavy (non-hydrogen) atoms. The quantitative estimate of drug-likeness (QED) is 0.351. The van der Waals surface area contributed by atoms with Crippen molar-refractivity contribution in [2.45, 2.75) is 13.0 Å². The predicted octanol–water partition coefficient (Wildman–Crippen LogP) is 1.39. The monoisotopic (exact) mass is 559 g/mol. The number of rotatable bonds is 8. The fourth-order valence-electron chi connectivity index (χ4n) is 4.17. The number of para-hydroxylation sites is 1. The molecule has 4 rings (SSSR count). The number of carbonyl (C=O) groups is 2. The van der Waals surface area contributed by atoms with Gasteiger partial charge in [-0.25, -0.2) is 13.5 Å². The number of anilines is 2. The number of nitrogens with one attached hydrogen (secondary N) is 2. The first kappa shape index (κ1) is 27.9. The number of thiocarbonyl (C=S) groups is 1. The highest BCUT2D eigenvalue weighted by Gasteiger charge is 2.26. The molecule has 0 unspecified atom stereocenters. The largest absolute Gasteiger partial charge is 0.474 e. The van der Waals surface area contributed by atoms with Gasteiger partial charge >= 0.3 is 0 Å². The van der Waals surface area contributed by atoms with Crippen molar-refractivity contribution < 1.29 is 28.2 Å². The van der Waals surface area contributed by atoms with E-state index >= 15 is 8.78 Å². The van der Waals surface area contributed by atoms with Crippen molar-refractivity contribution in [2.75, 3.05) is 50.1 Å². The molecule has 2 aromatic carbocycles. The molecule has 1 aromatic heterocycles. The fraction of sp³-hybridized carbons (Fsp3) is 0.320. The van der Waals surface area contributed by atoms with Crippen molar-refractivity contribution in [3.63, 3.8) is 0 Å². The first-order valence-electron chi connectivity index (χ1n) is 12.0. The van der Waals surface area contributed by atoms with Crippen LogP contribution in [0.1, 0.15) is 11.3 Å². The van der Waals surface area contributed by atoms with Crippen molar-refractivity contribution in [1.82, 2.24) is 25.2 Å². The smallest absolute Gasteiger partial charge is 0.256 e. The van der Waals surface area contributed by atoms with Crippen LogP contribution in [0.25, 0.3) is 5.69 Å². The molecule has 11 nitrogen and oxygen atoms in total. The van der Waals surface area contributed by atoms with E-state index in [4.69, 9.17) is 22.1 Å². The van der Waals surface area contributed by atoms with Gasteiger partial charge in [0.05, 0.1) is 32.0 Å². The summed E-state index contributed by atoms with van der Waals surface area (Å²) in [6.45, 7) is 0.586.